The molecule has 1 N–H and O–H groups in total. The van der Waals surface area contributed by atoms with Crippen molar-refractivity contribution in [2.75, 3.05) is 7.05 Å². The van der Waals surface area contributed by atoms with Crippen molar-refractivity contribution in [3.63, 3.8) is 0 Å². The topological polar surface area (TPSA) is 55.6 Å². The Kier molecular flexibility index (Phi) is 3.86. The summed E-state index contributed by atoms with van der Waals surface area (Å²) in [5.41, 5.74) is 3.73. The van der Waals surface area contributed by atoms with Crippen molar-refractivity contribution in [3.05, 3.63) is 53.1 Å². The predicted octanol–water partition coefficient (Wildman–Crippen LogP) is 2.81. The summed E-state index contributed by atoms with van der Waals surface area (Å²) < 4.78 is 1.90. The second-order valence-corrected chi connectivity index (χ2v) is 5.09. The monoisotopic (exact) mass is 301 g/mol. The van der Waals surface area contributed by atoms with Gasteiger partial charge < -0.3 is 5.32 Å². The number of nitrogens with zero attached hydrogens (tertiary/aromatic N) is 4. The van der Waals surface area contributed by atoms with Crippen molar-refractivity contribution in [1.29, 1.82) is 0 Å². The lowest BCUT2D eigenvalue weighted by atomic mass is 10.0. The van der Waals surface area contributed by atoms with Gasteiger partial charge in [-0.3, -0.25) is 14.6 Å². The molecule has 0 saturated heterocycles. The third-order valence-electron chi connectivity index (χ3n) is 3.54. The van der Waals surface area contributed by atoms with Crippen LogP contribution in [0.5, 0.6) is 0 Å². The third-order valence-corrected chi connectivity index (χ3v) is 3.83. The smallest absolute Gasteiger partial charge is 0.0938 e. The second-order valence-electron chi connectivity index (χ2n) is 4.69. The molecule has 0 spiro atoms. The number of aromatic nitrogens is 4. The predicted molar refractivity (Wildman–Crippen MR) is 83.4 cm³/mol. The van der Waals surface area contributed by atoms with Gasteiger partial charge in [-0.2, -0.15) is 5.10 Å². The fraction of sp³-hybridized carbons (Fsp3) is 0.267. The zero-order chi connectivity index (χ0) is 14.8. The van der Waals surface area contributed by atoms with Crippen LogP contribution in [0.1, 0.15) is 24.2 Å². The molecule has 1 atom stereocenters. The number of rotatable bonds is 4. The average Bonchev–Trinajstić information content (AvgIpc) is 2.90. The molecule has 0 aliphatic heterocycles. The van der Waals surface area contributed by atoms with Crippen molar-refractivity contribution >= 4 is 22.6 Å². The molecule has 0 saturated carbocycles. The summed E-state index contributed by atoms with van der Waals surface area (Å²) in [6, 6.07) is 5.90. The van der Waals surface area contributed by atoms with E-state index in [0.29, 0.717) is 5.02 Å². The van der Waals surface area contributed by atoms with E-state index in [9.17, 15) is 0 Å². The number of fused-ring (bicyclic) bond motifs is 1. The molecule has 0 aliphatic rings. The Balaban J connectivity index is 2.21. The number of aryl methyl sites for hydroxylation is 1. The molecule has 2 heterocycles. The fourth-order valence-corrected chi connectivity index (χ4v) is 2.85. The third kappa shape index (κ3) is 2.39. The Morgan fingerprint density at radius 2 is 2.10 bits per heavy atom. The Labute approximate surface area is 128 Å². The van der Waals surface area contributed by atoms with Gasteiger partial charge in [-0.1, -0.05) is 23.7 Å². The molecule has 21 heavy (non-hydrogen) atoms. The summed E-state index contributed by atoms with van der Waals surface area (Å²) in [6.45, 7) is 2.80. The lowest BCUT2D eigenvalue weighted by Gasteiger charge is -2.19. The number of hydrogen-bond acceptors (Lipinski definition) is 4. The maximum atomic E-state index is 6.34. The van der Waals surface area contributed by atoms with Gasteiger partial charge in [-0.05, 0) is 20.0 Å². The number of benzene rings is 1. The molecule has 0 amide bonds. The minimum absolute atomic E-state index is 0.0830. The van der Waals surface area contributed by atoms with Gasteiger partial charge in [0, 0.05) is 24.5 Å². The van der Waals surface area contributed by atoms with E-state index >= 15 is 0 Å². The maximum Gasteiger partial charge on any atom is 0.0938 e. The normalized spacial score (nSPS) is 12.7. The van der Waals surface area contributed by atoms with E-state index in [1.165, 1.54) is 0 Å². The van der Waals surface area contributed by atoms with Crippen LogP contribution in [0, 0.1) is 0 Å². The first kappa shape index (κ1) is 14.0. The molecule has 3 aromatic rings. The summed E-state index contributed by atoms with van der Waals surface area (Å²) in [6.07, 6.45) is 5.09. The first-order valence-corrected chi connectivity index (χ1v) is 7.22. The van der Waals surface area contributed by atoms with Gasteiger partial charge in [-0.15, -0.1) is 0 Å². The van der Waals surface area contributed by atoms with Crippen LogP contribution in [0.2, 0.25) is 5.02 Å². The highest BCUT2D eigenvalue weighted by atomic mass is 35.5. The van der Waals surface area contributed by atoms with Gasteiger partial charge in [0.1, 0.15) is 0 Å². The van der Waals surface area contributed by atoms with Crippen molar-refractivity contribution in [2.45, 2.75) is 19.5 Å². The SMILES string of the molecule is CCn1ncc(Cl)c1C(NC)c1cccc2nccnc12. The molecule has 1 aromatic carbocycles. The summed E-state index contributed by atoms with van der Waals surface area (Å²) in [5.74, 6) is 0. The number of nitrogens with one attached hydrogen (secondary N) is 1. The first-order valence-electron chi connectivity index (χ1n) is 6.84. The van der Waals surface area contributed by atoms with Crippen LogP contribution in [-0.2, 0) is 6.54 Å². The molecule has 6 heteroatoms. The highest BCUT2D eigenvalue weighted by molar-refractivity contribution is 6.31. The Morgan fingerprint density at radius 1 is 1.29 bits per heavy atom. The molecular formula is C15H16ClN5. The van der Waals surface area contributed by atoms with Crippen LogP contribution in [0.25, 0.3) is 11.0 Å². The van der Waals surface area contributed by atoms with Crippen LogP contribution < -0.4 is 5.32 Å². The summed E-state index contributed by atoms with van der Waals surface area (Å²) in [4.78, 5) is 8.83. The van der Waals surface area contributed by atoms with Crippen molar-refractivity contribution in [1.82, 2.24) is 25.1 Å². The van der Waals surface area contributed by atoms with Crippen LogP contribution in [0.15, 0.2) is 36.8 Å². The van der Waals surface area contributed by atoms with Crippen molar-refractivity contribution < 1.29 is 0 Å². The van der Waals surface area contributed by atoms with Crippen LogP contribution in [0.4, 0.5) is 0 Å². The number of halogens is 1. The minimum atomic E-state index is -0.0830. The Hall–Kier alpha value is -1.98. The molecule has 0 radical (unpaired) electrons. The molecule has 108 valence electrons. The average molecular weight is 302 g/mol. The maximum absolute atomic E-state index is 6.34. The van der Waals surface area contributed by atoms with E-state index in [1.807, 2.05) is 36.9 Å². The standard InChI is InChI=1S/C15H16ClN5/c1-3-21-15(11(16)9-20-21)14(17-2)10-5-4-6-12-13(10)19-8-7-18-12/h4-9,14,17H,3H2,1-2H3. The summed E-state index contributed by atoms with van der Waals surface area (Å²) >= 11 is 6.34. The van der Waals surface area contributed by atoms with Gasteiger partial charge >= 0.3 is 0 Å². The number of hydrogen-bond donors (Lipinski definition) is 1. The van der Waals surface area contributed by atoms with Crippen LogP contribution >= 0.6 is 11.6 Å². The number of para-hydroxylation sites is 1. The van der Waals surface area contributed by atoms with Gasteiger partial charge in [0.25, 0.3) is 0 Å². The van der Waals surface area contributed by atoms with Gasteiger partial charge in [-0.25, -0.2) is 0 Å². The molecule has 5 nitrogen and oxygen atoms in total. The lowest BCUT2D eigenvalue weighted by molar-refractivity contribution is 0.565. The van der Waals surface area contributed by atoms with E-state index < -0.39 is 0 Å². The quantitative estimate of drug-likeness (QED) is 0.805. The summed E-state index contributed by atoms with van der Waals surface area (Å²) in [5, 5.41) is 8.28. The highest BCUT2D eigenvalue weighted by Crippen LogP contribution is 2.31. The van der Waals surface area contributed by atoms with Gasteiger partial charge in [0.05, 0.1) is 34.0 Å². The zero-order valence-corrected chi connectivity index (χ0v) is 12.7. The van der Waals surface area contributed by atoms with E-state index in [2.05, 4.69) is 20.4 Å². The van der Waals surface area contributed by atoms with E-state index in [1.54, 1.807) is 18.6 Å². The summed E-state index contributed by atoms with van der Waals surface area (Å²) in [7, 11) is 1.91. The van der Waals surface area contributed by atoms with E-state index in [0.717, 1.165) is 28.8 Å². The lowest BCUT2D eigenvalue weighted by Crippen LogP contribution is -2.22. The largest absolute Gasteiger partial charge is 0.308 e. The second kappa shape index (κ2) is 5.79. The van der Waals surface area contributed by atoms with Crippen molar-refractivity contribution in [3.8, 4) is 0 Å². The Morgan fingerprint density at radius 3 is 2.86 bits per heavy atom. The zero-order valence-electron chi connectivity index (χ0n) is 11.9. The fourth-order valence-electron chi connectivity index (χ4n) is 2.60. The van der Waals surface area contributed by atoms with Crippen LogP contribution in [-0.4, -0.2) is 26.8 Å². The minimum Gasteiger partial charge on any atom is -0.308 e. The van der Waals surface area contributed by atoms with Gasteiger partial charge in [0.15, 0.2) is 0 Å². The molecule has 1 unspecified atom stereocenters. The van der Waals surface area contributed by atoms with Crippen LogP contribution in [0.3, 0.4) is 0 Å². The van der Waals surface area contributed by atoms with Crippen molar-refractivity contribution in [2.24, 2.45) is 0 Å². The molecule has 2 aromatic heterocycles. The van der Waals surface area contributed by atoms with E-state index in [-0.39, 0.29) is 6.04 Å². The molecule has 0 bridgehead atoms. The molecule has 0 aliphatic carbocycles. The van der Waals surface area contributed by atoms with E-state index in [4.69, 9.17) is 11.6 Å². The van der Waals surface area contributed by atoms with Gasteiger partial charge in [0.2, 0.25) is 0 Å². The molecule has 3 rings (SSSR count). The first-order chi connectivity index (χ1) is 10.3. The molecular weight excluding hydrogens is 286 g/mol. The highest BCUT2D eigenvalue weighted by Gasteiger charge is 2.22. The molecule has 0 fully saturated rings. The Bertz CT molecular complexity index is 762.